The predicted octanol–water partition coefficient (Wildman–Crippen LogP) is 3.64. The Kier molecular flexibility index (Phi) is 3.10. The van der Waals surface area contributed by atoms with Crippen LogP contribution in [0.15, 0.2) is 23.6 Å². The summed E-state index contributed by atoms with van der Waals surface area (Å²) in [6.45, 7) is 0. The van der Waals surface area contributed by atoms with Crippen molar-refractivity contribution in [3.05, 3.63) is 34.8 Å². The molecule has 19 heavy (non-hydrogen) atoms. The van der Waals surface area contributed by atoms with Gasteiger partial charge in [-0.15, -0.1) is 11.3 Å². The standard InChI is InChI=1S/C14H13N3OS/c1-18-11-5-4-10(7-15)12(6-11)16-14-17-13(8-19-14)9-2-3-9/h4-6,8-9H,2-3H2,1H3,(H,16,17). The zero-order valence-corrected chi connectivity index (χ0v) is 11.3. The molecule has 1 aromatic heterocycles. The number of nitrogens with zero attached hydrogens (tertiary/aromatic N) is 2. The molecule has 1 heterocycles. The van der Waals surface area contributed by atoms with E-state index in [0.29, 0.717) is 11.5 Å². The van der Waals surface area contributed by atoms with Crippen LogP contribution in [-0.4, -0.2) is 12.1 Å². The van der Waals surface area contributed by atoms with Gasteiger partial charge in [0.05, 0.1) is 24.1 Å². The Bertz CT molecular complexity index is 640. The molecule has 1 saturated carbocycles. The van der Waals surface area contributed by atoms with Crippen molar-refractivity contribution in [2.75, 3.05) is 12.4 Å². The lowest BCUT2D eigenvalue weighted by Gasteiger charge is -2.07. The summed E-state index contributed by atoms with van der Waals surface area (Å²) < 4.78 is 5.18. The van der Waals surface area contributed by atoms with Crippen LogP contribution in [0.25, 0.3) is 0 Å². The fourth-order valence-electron chi connectivity index (χ4n) is 1.88. The second-order valence-corrected chi connectivity index (χ2v) is 5.36. The monoisotopic (exact) mass is 271 g/mol. The molecule has 96 valence electrons. The van der Waals surface area contributed by atoms with Gasteiger partial charge >= 0.3 is 0 Å². The van der Waals surface area contributed by atoms with Gasteiger partial charge in [-0.05, 0) is 25.0 Å². The number of thiazole rings is 1. The average molecular weight is 271 g/mol. The summed E-state index contributed by atoms with van der Waals surface area (Å²) in [4.78, 5) is 4.56. The summed E-state index contributed by atoms with van der Waals surface area (Å²) in [6, 6.07) is 7.51. The van der Waals surface area contributed by atoms with E-state index in [4.69, 9.17) is 10.00 Å². The molecule has 4 nitrogen and oxygen atoms in total. The van der Waals surface area contributed by atoms with Crippen LogP contribution in [0, 0.1) is 11.3 Å². The molecule has 1 aliphatic rings. The van der Waals surface area contributed by atoms with Gasteiger partial charge in [-0.1, -0.05) is 0 Å². The van der Waals surface area contributed by atoms with Crippen LogP contribution in [0.1, 0.15) is 30.0 Å². The van der Waals surface area contributed by atoms with Crippen molar-refractivity contribution >= 4 is 22.2 Å². The molecule has 0 amide bonds. The second kappa shape index (κ2) is 4.90. The molecule has 0 atom stereocenters. The number of anilines is 2. The second-order valence-electron chi connectivity index (χ2n) is 4.50. The molecule has 0 aliphatic heterocycles. The van der Waals surface area contributed by atoms with Crippen molar-refractivity contribution in [1.29, 1.82) is 5.26 Å². The van der Waals surface area contributed by atoms with Gasteiger partial charge in [-0.25, -0.2) is 4.98 Å². The number of nitrogens with one attached hydrogen (secondary N) is 1. The van der Waals surface area contributed by atoms with Gasteiger partial charge in [0.25, 0.3) is 0 Å². The van der Waals surface area contributed by atoms with E-state index in [1.54, 1.807) is 30.6 Å². The molecule has 1 aliphatic carbocycles. The zero-order valence-electron chi connectivity index (χ0n) is 10.5. The Hall–Kier alpha value is -2.06. The Morgan fingerprint density at radius 1 is 1.47 bits per heavy atom. The molecule has 1 aromatic carbocycles. The third kappa shape index (κ3) is 2.54. The van der Waals surface area contributed by atoms with Crippen molar-refractivity contribution in [1.82, 2.24) is 4.98 Å². The van der Waals surface area contributed by atoms with Gasteiger partial charge < -0.3 is 10.1 Å². The van der Waals surface area contributed by atoms with Gasteiger partial charge in [0, 0.05) is 17.4 Å². The van der Waals surface area contributed by atoms with E-state index in [0.717, 1.165) is 22.3 Å². The van der Waals surface area contributed by atoms with E-state index in [1.807, 2.05) is 6.07 Å². The number of nitriles is 1. The number of methoxy groups -OCH3 is 1. The van der Waals surface area contributed by atoms with E-state index >= 15 is 0 Å². The molecule has 0 saturated heterocycles. The first-order valence-corrected chi connectivity index (χ1v) is 6.98. The number of ether oxygens (including phenoxy) is 1. The fourth-order valence-corrected chi connectivity index (χ4v) is 2.68. The van der Waals surface area contributed by atoms with Crippen LogP contribution in [-0.2, 0) is 0 Å². The first kappa shape index (κ1) is 12.0. The number of hydrogen-bond acceptors (Lipinski definition) is 5. The minimum Gasteiger partial charge on any atom is -0.497 e. The quantitative estimate of drug-likeness (QED) is 0.922. The van der Waals surface area contributed by atoms with Crippen molar-refractivity contribution in [2.45, 2.75) is 18.8 Å². The van der Waals surface area contributed by atoms with Crippen molar-refractivity contribution < 1.29 is 4.74 Å². The molecule has 0 unspecified atom stereocenters. The first-order valence-electron chi connectivity index (χ1n) is 6.10. The Morgan fingerprint density at radius 2 is 2.32 bits per heavy atom. The molecule has 1 fully saturated rings. The number of aromatic nitrogens is 1. The van der Waals surface area contributed by atoms with Gasteiger partial charge in [0.1, 0.15) is 11.8 Å². The minimum atomic E-state index is 0.587. The lowest BCUT2D eigenvalue weighted by atomic mass is 10.2. The van der Waals surface area contributed by atoms with E-state index < -0.39 is 0 Å². The zero-order chi connectivity index (χ0) is 13.2. The largest absolute Gasteiger partial charge is 0.497 e. The number of rotatable bonds is 4. The maximum absolute atomic E-state index is 9.12. The highest BCUT2D eigenvalue weighted by Crippen LogP contribution is 2.41. The Morgan fingerprint density at radius 3 is 3.00 bits per heavy atom. The summed E-state index contributed by atoms with van der Waals surface area (Å²) >= 11 is 1.57. The van der Waals surface area contributed by atoms with Gasteiger partial charge in [-0.3, -0.25) is 0 Å². The molecule has 3 rings (SSSR count). The van der Waals surface area contributed by atoms with Crippen molar-refractivity contribution in [3.63, 3.8) is 0 Å². The van der Waals surface area contributed by atoms with Gasteiger partial charge in [0.15, 0.2) is 5.13 Å². The Labute approximate surface area is 115 Å². The number of benzene rings is 1. The van der Waals surface area contributed by atoms with Crippen LogP contribution in [0.5, 0.6) is 5.75 Å². The normalized spacial score (nSPS) is 13.9. The summed E-state index contributed by atoms with van der Waals surface area (Å²) in [5.41, 5.74) is 2.48. The highest BCUT2D eigenvalue weighted by Gasteiger charge is 2.26. The lowest BCUT2D eigenvalue weighted by Crippen LogP contribution is -1.95. The number of hydrogen-bond donors (Lipinski definition) is 1. The minimum absolute atomic E-state index is 0.587. The Balaban J connectivity index is 1.86. The summed E-state index contributed by atoms with van der Waals surface area (Å²) in [6.07, 6.45) is 2.48. The smallest absolute Gasteiger partial charge is 0.187 e. The maximum Gasteiger partial charge on any atom is 0.187 e. The third-order valence-corrected chi connectivity index (χ3v) is 3.88. The summed E-state index contributed by atoms with van der Waals surface area (Å²) in [5.74, 6) is 1.37. The molecular formula is C14H13N3OS. The topological polar surface area (TPSA) is 57.9 Å². The molecule has 0 bridgehead atoms. The van der Waals surface area contributed by atoms with E-state index in [-0.39, 0.29) is 0 Å². The average Bonchev–Trinajstić information content (AvgIpc) is 3.19. The summed E-state index contributed by atoms with van der Waals surface area (Å²) in [7, 11) is 1.61. The molecule has 0 radical (unpaired) electrons. The van der Waals surface area contributed by atoms with Gasteiger partial charge in [0.2, 0.25) is 0 Å². The fraction of sp³-hybridized carbons (Fsp3) is 0.286. The molecule has 1 N–H and O–H groups in total. The highest BCUT2D eigenvalue weighted by molar-refractivity contribution is 7.13. The van der Waals surface area contributed by atoms with E-state index in [1.165, 1.54) is 12.8 Å². The third-order valence-electron chi connectivity index (χ3n) is 3.11. The van der Waals surface area contributed by atoms with Crippen LogP contribution < -0.4 is 10.1 Å². The molecule has 2 aromatic rings. The van der Waals surface area contributed by atoms with Crippen molar-refractivity contribution in [2.24, 2.45) is 0 Å². The van der Waals surface area contributed by atoms with Crippen molar-refractivity contribution in [3.8, 4) is 11.8 Å². The van der Waals surface area contributed by atoms with Crippen LogP contribution in [0.3, 0.4) is 0 Å². The summed E-state index contributed by atoms with van der Waals surface area (Å²) in [5, 5.41) is 15.2. The lowest BCUT2D eigenvalue weighted by molar-refractivity contribution is 0.415. The van der Waals surface area contributed by atoms with Crippen LogP contribution >= 0.6 is 11.3 Å². The van der Waals surface area contributed by atoms with E-state index in [2.05, 4.69) is 21.8 Å². The molecule has 0 spiro atoms. The highest BCUT2D eigenvalue weighted by atomic mass is 32.1. The first-order chi connectivity index (χ1) is 9.30. The predicted molar refractivity (Wildman–Crippen MR) is 75.1 cm³/mol. The van der Waals surface area contributed by atoms with Crippen LogP contribution in [0.4, 0.5) is 10.8 Å². The molecular weight excluding hydrogens is 258 g/mol. The maximum atomic E-state index is 9.12. The molecule has 5 heteroatoms. The van der Waals surface area contributed by atoms with E-state index in [9.17, 15) is 0 Å². The van der Waals surface area contributed by atoms with Crippen LogP contribution in [0.2, 0.25) is 0 Å². The van der Waals surface area contributed by atoms with Gasteiger partial charge in [-0.2, -0.15) is 5.26 Å². The SMILES string of the molecule is COc1ccc(C#N)c(Nc2nc(C3CC3)cs2)c1.